The molecule has 3 heteroatoms. The van der Waals surface area contributed by atoms with Crippen LogP contribution in [0.2, 0.25) is 0 Å². The van der Waals surface area contributed by atoms with Crippen LogP contribution >= 0.6 is 0 Å². The molecule has 2 aliphatic carbocycles. The molecule has 49 heavy (non-hydrogen) atoms. The van der Waals surface area contributed by atoms with E-state index in [9.17, 15) is 0 Å². The SMILES string of the molecule is CC.c1ccc(-c2nc3ccccc3n2-c2ccc3oc4c5c(ccc4c3c2)C2(c3ccccc3-c3ccccc32)c2ccccc2-5)cc1. The van der Waals surface area contributed by atoms with E-state index in [0.29, 0.717) is 0 Å². The zero-order chi connectivity index (χ0) is 32.7. The Hall–Kier alpha value is -6.19. The van der Waals surface area contributed by atoms with Crippen LogP contribution in [-0.4, -0.2) is 9.55 Å². The lowest BCUT2D eigenvalue weighted by atomic mass is 9.70. The van der Waals surface area contributed by atoms with E-state index in [1.54, 1.807) is 0 Å². The summed E-state index contributed by atoms with van der Waals surface area (Å²) in [5, 5.41) is 2.22. The number of imidazole rings is 1. The molecular weight excluding hydrogens is 597 g/mol. The molecule has 0 radical (unpaired) electrons. The van der Waals surface area contributed by atoms with E-state index in [-0.39, 0.29) is 0 Å². The van der Waals surface area contributed by atoms with E-state index in [1.165, 1.54) is 44.5 Å². The van der Waals surface area contributed by atoms with Crippen molar-refractivity contribution in [3.8, 4) is 39.3 Å². The second-order valence-corrected chi connectivity index (χ2v) is 12.7. The summed E-state index contributed by atoms with van der Waals surface area (Å²) < 4.78 is 9.15. The van der Waals surface area contributed by atoms with Gasteiger partial charge in [0.1, 0.15) is 17.0 Å². The van der Waals surface area contributed by atoms with Gasteiger partial charge in [0.2, 0.25) is 0 Å². The number of hydrogen-bond acceptors (Lipinski definition) is 2. The number of nitrogens with zero attached hydrogens (tertiary/aromatic N) is 2. The first-order chi connectivity index (χ1) is 24.3. The monoisotopic (exact) mass is 628 g/mol. The van der Waals surface area contributed by atoms with Gasteiger partial charge < -0.3 is 4.42 Å². The van der Waals surface area contributed by atoms with Crippen molar-refractivity contribution in [2.45, 2.75) is 19.3 Å². The first-order valence-corrected chi connectivity index (χ1v) is 17.1. The summed E-state index contributed by atoms with van der Waals surface area (Å²) in [4.78, 5) is 5.08. The molecule has 9 aromatic rings. The van der Waals surface area contributed by atoms with Crippen LogP contribution in [0, 0.1) is 0 Å². The van der Waals surface area contributed by atoms with Gasteiger partial charge in [-0.2, -0.15) is 0 Å². The van der Waals surface area contributed by atoms with E-state index in [0.717, 1.165) is 50.0 Å². The van der Waals surface area contributed by atoms with Crippen molar-refractivity contribution in [3.63, 3.8) is 0 Å². The Kier molecular flexibility index (Phi) is 5.92. The maximum atomic E-state index is 6.88. The highest BCUT2D eigenvalue weighted by molar-refractivity contribution is 6.13. The van der Waals surface area contributed by atoms with Crippen molar-refractivity contribution < 1.29 is 4.42 Å². The Morgan fingerprint density at radius 1 is 0.531 bits per heavy atom. The second-order valence-electron chi connectivity index (χ2n) is 12.7. The zero-order valence-electron chi connectivity index (χ0n) is 27.3. The lowest BCUT2D eigenvalue weighted by Gasteiger charge is -2.30. The van der Waals surface area contributed by atoms with Crippen molar-refractivity contribution in [1.82, 2.24) is 9.55 Å². The van der Waals surface area contributed by atoms with Gasteiger partial charge in [0.15, 0.2) is 0 Å². The minimum atomic E-state index is -0.391. The van der Waals surface area contributed by atoms with E-state index >= 15 is 0 Å². The fourth-order valence-electron chi connectivity index (χ4n) is 8.60. The van der Waals surface area contributed by atoms with Gasteiger partial charge >= 0.3 is 0 Å². The first-order valence-electron chi connectivity index (χ1n) is 17.1. The third-order valence-corrected chi connectivity index (χ3v) is 10.4. The van der Waals surface area contributed by atoms with Crippen molar-refractivity contribution in [1.29, 1.82) is 0 Å². The molecule has 0 amide bonds. The molecule has 232 valence electrons. The number of para-hydroxylation sites is 2. The summed E-state index contributed by atoms with van der Waals surface area (Å²) in [6.45, 7) is 4.00. The predicted molar refractivity (Wildman–Crippen MR) is 201 cm³/mol. The van der Waals surface area contributed by atoms with Gasteiger partial charge in [-0.1, -0.05) is 141 Å². The van der Waals surface area contributed by atoms with Gasteiger partial charge in [-0.15, -0.1) is 0 Å². The molecule has 0 saturated carbocycles. The summed E-state index contributed by atoms with van der Waals surface area (Å²) in [5.41, 5.74) is 16.0. The van der Waals surface area contributed by atoms with Crippen molar-refractivity contribution >= 4 is 33.0 Å². The fourth-order valence-corrected chi connectivity index (χ4v) is 8.60. The quantitative estimate of drug-likeness (QED) is 0.191. The molecule has 0 saturated heterocycles. The largest absolute Gasteiger partial charge is 0.455 e. The highest BCUT2D eigenvalue weighted by Gasteiger charge is 2.52. The molecule has 2 aromatic heterocycles. The highest BCUT2D eigenvalue weighted by atomic mass is 16.3. The van der Waals surface area contributed by atoms with E-state index < -0.39 is 5.41 Å². The minimum absolute atomic E-state index is 0.391. The second kappa shape index (κ2) is 10.4. The predicted octanol–water partition coefficient (Wildman–Crippen LogP) is 12.0. The summed E-state index contributed by atoms with van der Waals surface area (Å²) in [6.07, 6.45) is 0. The van der Waals surface area contributed by atoms with Crippen molar-refractivity contribution in [3.05, 3.63) is 180 Å². The summed E-state index contributed by atoms with van der Waals surface area (Å²) >= 11 is 0. The molecule has 0 atom stereocenters. The van der Waals surface area contributed by atoms with Crippen LogP contribution < -0.4 is 0 Å². The smallest absolute Gasteiger partial charge is 0.145 e. The third kappa shape index (κ3) is 3.59. The molecule has 2 heterocycles. The van der Waals surface area contributed by atoms with Gasteiger partial charge in [0.25, 0.3) is 0 Å². The molecule has 3 nitrogen and oxygen atoms in total. The highest BCUT2D eigenvalue weighted by Crippen LogP contribution is 2.64. The molecule has 1 spiro atoms. The lowest BCUT2D eigenvalue weighted by molar-refractivity contribution is 0.669. The van der Waals surface area contributed by atoms with Gasteiger partial charge in [-0.05, 0) is 69.3 Å². The number of rotatable bonds is 2. The molecule has 0 fully saturated rings. The average molecular weight is 629 g/mol. The Morgan fingerprint density at radius 2 is 1.14 bits per heavy atom. The number of aromatic nitrogens is 2. The Labute approximate surface area is 284 Å². The maximum Gasteiger partial charge on any atom is 0.145 e. The molecule has 2 aliphatic rings. The molecule has 0 bridgehead atoms. The average Bonchev–Trinajstić information content (AvgIpc) is 3.91. The van der Waals surface area contributed by atoms with E-state index in [4.69, 9.17) is 9.40 Å². The zero-order valence-corrected chi connectivity index (χ0v) is 27.3. The lowest BCUT2D eigenvalue weighted by Crippen LogP contribution is -2.25. The Bertz CT molecular complexity index is 2700. The van der Waals surface area contributed by atoms with Gasteiger partial charge in [-0.3, -0.25) is 4.57 Å². The molecule has 0 unspecified atom stereocenters. The summed E-state index contributed by atoms with van der Waals surface area (Å²) in [7, 11) is 0. The number of benzene rings is 7. The number of hydrogen-bond donors (Lipinski definition) is 0. The Balaban J connectivity index is 0.00000150. The fraction of sp³-hybridized carbons (Fsp3) is 0.0652. The topological polar surface area (TPSA) is 31.0 Å². The summed E-state index contributed by atoms with van der Waals surface area (Å²) in [5.74, 6) is 0.925. The van der Waals surface area contributed by atoms with Crippen LogP contribution in [0.15, 0.2) is 162 Å². The van der Waals surface area contributed by atoms with Crippen LogP contribution in [0.4, 0.5) is 0 Å². The van der Waals surface area contributed by atoms with Gasteiger partial charge in [0.05, 0.1) is 16.4 Å². The first kappa shape index (κ1) is 27.9. The molecule has 0 aliphatic heterocycles. The van der Waals surface area contributed by atoms with Gasteiger partial charge in [0, 0.05) is 27.6 Å². The maximum absolute atomic E-state index is 6.88. The van der Waals surface area contributed by atoms with Crippen LogP contribution in [-0.2, 0) is 5.41 Å². The van der Waals surface area contributed by atoms with Gasteiger partial charge in [-0.25, -0.2) is 4.98 Å². The van der Waals surface area contributed by atoms with Crippen LogP contribution in [0.5, 0.6) is 0 Å². The van der Waals surface area contributed by atoms with E-state index in [1.807, 2.05) is 26.0 Å². The molecular formula is C46H32N2O. The standard InChI is InChI=1S/C44H26N2O.C2H6/c1-2-12-27(13-3-1)43-45-38-20-10-11-21-39(38)46(43)28-22-25-40-33(26-28)31-23-24-37-41(42(31)47-40)32-16-6-9-19-36(32)44(37)34-17-7-4-14-29(34)30-15-5-8-18-35(30)44;1-2/h1-26H;1-2H3. The van der Waals surface area contributed by atoms with Crippen LogP contribution in [0.1, 0.15) is 36.1 Å². The number of furan rings is 1. The summed E-state index contributed by atoms with van der Waals surface area (Å²) in [6, 6.07) is 56.7. The van der Waals surface area contributed by atoms with E-state index in [2.05, 4.69) is 150 Å². The normalized spacial score (nSPS) is 13.3. The van der Waals surface area contributed by atoms with Crippen molar-refractivity contribution in [2.75, 3.05) is 0 Å². The van der Waals surface area contributed by atoms with Crippen LogP contribution in [0.3, 0.4) is 0 Å². The molecule has 11 rings (SSSR count). The molecule has 0 N–H and O–H groups in total. The minimum Gasteiger partial charge on any atom is -0.455 e. The number of fused-ring (bicyclic) bond motifs is 15. The molecule has 7 aromatic carbocycles. The van der Waals surface area contributed by atoms with Crippen molar-refractivity contribution in [2.24, 2.45) is 0 Å². The van der Waals surface area contributed by atoms with Crippen LogP contribution in [0.25, 0.3) is 72.3 Å². The third-order valence-electron chi connectivity index (χ3n) is 10.4. The Morgan fingerprint density at radius 3 is 1.88 bits per heavy atom.